The van der Waals surface area contributed by atoms with E-state index >= 15 is 0 Å². The van der Waals surface area contributed by atoms with E-state index < -0.39 is 17.5 Å². The maximum Gasteiger partial charge on any atom is 0.255 e. The Balaban J connectivity index is 1.88. The molecule has 1 N–H and O–H groups in total. The van der Waals surface area contributed by atoms with Crippen molar-refractivity contribution in [3.05, 3.63) is 95.1 Å². The van der Waals surface area contributed by atoms with Crippen molar-refractivity contribution < 1.29 is 18.4 Å². The van der Waals surface area contributed by atoms with Gasteiger partial charge in [-0.15, -0.1) is 0 Å². The fraction of sp³-hybridized carbons (Fsp3) is 0.231. The Kier molecular flexibility index (Phi) is 7.77. The van der Waals surface area contributed by atoms with Crippen molar-refractivity contribution in [3.8, 4) is 0 Å². The number of rotatable bonds is 8. The van der Waals surface area contributed by atoms with Gasteiger partial charge in [-0.05, 0) is 72.6 Å². The lowest BCUT2D eigenvalue weighted by atomic mass is 10.1. The van der Waals surface area contributed by atoms with Crippen molar-refractivity contribution >= 4 is 23.2 Å². The van der Waals surface area contributed by atoms with E-state index in [0.29, 0.717) is 24.3 Å². The molecule has 0 saturated heterocycles. The minimum absolute atomic E-state index is 0.198. The van der Waals surface area contributed by atoms with Crippen LogP contribution >= 0.6 is 0 Å². The molecular formula is C26H27F2N3O2. The number of halogens is 2. The number of anilines is 2. The predicted molar refractivity (Wildman–Crippen MR) is 127 cm³/mol. The summed E-state index contributed by atoms with van der Waals surface area (Å²) in [5.74, 6) is -1.51. The van der Waals surface area contributed by atoms with Gasteiger partial charge in [0.1, 0.15) is 11.6 Å². The van der Waals surface area contributed by atoms with E-state index in [1.54, 1.807) is 11.0 Å². The Morgan fingerprint density at radius 1 is 0.879 bits per heavy atom. The van der Waals surface area contributed by atoms with Crippen LogP contribution in [-0.4, -0.2) is 37.4 Å². The van der Waals surface area contributed by atoms with Gasteiger partial charge in [0.25, 0.3) is 11.8 Å². The van der Waals surface area contributed by atoms with Crippen LogP contribution in [0.4, 0.5) is 20.2 Å². The number of benzene rings is 3. The Bertz CT molecular complexity index is 1130. The zero-order valence-corrected chi connectivity index (χ0v) is 18.9. The van der Waals surface area contributed by atoms with E-state index in [0.717, 1.165) is 17.7 Å². The molecule has 0 atom stereocenters. The molecule has 0 bridgehead atoms. The molecule has 3 aromatic rings. The van der Waals surface area contributed by atoms with Gasteiger partial charge in [-0.25, -0.2) is 8.78 Å². The predicted octanol–water partition coefficient (Wildman–Crippen LogP) is 5.34. The summed E-state index contributed by atoms with van der Waals surface area (Å²) in [6, 6.07) is 16.4. The minimum atomic E-state index is -0.485. The summed E-state index contributed by atoms with van der Waals surface area (Å²) in [7, 11) is 3.80. The monoisotopic (exact) mass is 451 g/mol. The molecule has 172 valence electrons. The van der Waals surface area contributed by atoms with Crippen LogP contribution in [-0.2, 0) is 6.54 Å². The van der Waals surface area contributed by atoms with Crippen molar-refractivity contribution in [2.45, 2.75) is 19.9 Å². The third-order valence-corrected chi connectivity index (χ3v) is 5.14. The van der Waals surface area contributed by atoms with Crippen LogP contribution in [0.2, 0.25) is 0 Å². The minimum Gasteiger partial charge on any atom is -0.377 e. The van der Waals surface area contributed by atoms with Gasteiger partial charge in [0.05, 0.1) is 0 Å². The number of nitrogens with one attached hydrogen (secondary N) is 1. The second-order valence-electron chi connectivity index (χ2n) is 7.94. The molecule has 0 aliphatic rings. The molecule has 0 spiro atoms. The van der Waals surface area contributed by atoms with Crippen LogP contribution in [0.3, 0.4) is 0 Å². The van der Waals surface area contributed by atoms with Crippen molar-refractivity contribution in [3.63, 3.8) is 0 Å². The zero-order valence-electron chi connectivity index (χ0n) is 18.9. The Morgan fingerprint density at radius 3 is 2.24 bits per heavy atom. The summed E-state index contributed by atoms with van der Waals surface area (Å²) in [6.07, 6.45) is 0.750. The molecule has 0 saturated carbocycles. The van der Waals surface area contributed by atoms with Gasteiger partial charge in [-0.3, -0.25) is 9.59 Å². The van der Waals surface area contributed by atoms with Crippen molar-refractivity contribution in [1.29, 1.82) is 0 Å². The van der Waals surface area contributed by atoms with E-state index in [4.69, 9.17) is 0 Å². The lowest BCUT2D eigenvalue weighted by Gasteiger charge is -2.26. The first kappa shape index (κ1) is 23.9. The highest BCUT2D eigenvalue weighted by atomic mass is 19.1. The summed E-state index contributed by atoms with van der Waals surface area (Å²) in [5.41, 5.74) is 2.89. The number of carbonyl (C=O) groups is 2. The molecule has 0 aliphatic heterocycles. The first-order chi connectivity index (χ1) is 15.8. The number of carbonyl (C=O) groups excluding carboxylic acids is 2. The van der Waals surface area contributed by atoms with Gasteiger partial charge >= 0.3 is 0 Å². The van der Waals surface area contributed by atoms with Crippen LogP contribution in [0, 0.1) is 11.6 Å². The van der Waals surface area contributed by atoms with Crippen LogP contribution < -0.4 is 10.2 Å². The highest BCUT2D eigenvalue weighted by Gasteiger charge is 2.18. The fourth-order valence-corrected chi connectivity index (χ4v) is 3.56. The van der Waals surface area contributed by atoms with Gasteiger partial charge < -0.3 is 15.1 Å². The average Bonchev–Trinajstić information content (AvgIpc) is 2.79. The highest BCUT2D eigenvalue weighted by Crippen LogP contribution is 2.26. The fourth-order valence-electron chi connectivity index (χ4n) is 3.56. The topological polar surface area (TPSA) is 52.7 Å². The molecule has 0 aromatic heterocycles. The molecule has 0 aliphatic carbocycles. The quantitative estimate of drug-likeness (QED) is 0.503. The molecule has 2 amide bonds. The maximum absolute atomic E-state index is 13.5. The number of amides is 2. The Labute approximate surface area is 192 Å². The van der Waals surface area contributed by atoms with E-state index in [2.05, 4.69) is 5.32 Å². The normalized spacial score (nSPS) is 10.6. The second kappa shape index (κ2) is 10.7. The van der Waals surface area contributed by atoms with E-state index in [-0.39, 0.29) is 11.5 Å². The summed E-state index contributed by atoms with van der Waals surface area (Å²) >= 11 is 0. The maximum atomic E-state index is 13.5. The standard InChI is InChI=1S/C26H27F2N3O2/c1-4-14-31(26(33)18-8-10-21(27)11-9-18)17-20-16-23(12-13-24(20)30(2)3)29-25(32)19-6-5-7-22(28)15-19/h5-13,15-16H,4,14,17H2,1-3H3,(H,29,32). The van der Waals surface area contributed by atoms with Gasteiger partial charge in [-0.1, -0.05) is 13.0 Å². The molecule has 3 aromatic carbocycles. The summed E-state index contributed by atoms with van der Waals surface area (Å²) in [4.78, 5) is 29.3. The lowest BCUT2D eigenvalue weighted by Crippen LogP contribution is -2.32. The molecule has 5 nitrogen and oxygen atoms in total. The van der Waals surface area contributed by atoms with Crippen LogP contribution in [0.15, 0.2) is 66.7 Å². The molecule has 0 heterocycles. The van der Waals surface area contributed by atoms with E-state index in [1.165, 1.54) is 48.5 Å². The van der Waals surface area contributed by atoms with Crippen LogP contribution in [0.1, 0.15) is 39.6 Å². The lowest BCUT2D eigenvalue weighted by molar-refractivity contribution is 0.0743. The van der Waals surface area contributed by atoms with E-state index in [9.17, 15) is 18.4 Å². The molecule has 7 heteroatoms. The second-order valence-corrected chi connectivity index (χ2v) is 7.94. The van der Waals surface area contributed by atoms with Crippen molar-refractivity contribution in [1.82, 2.24) is 4.90 Å². The zero-order chi connectivity index (χ0) is 24.0. The first-order valence-corrected chi connectivity index (χ1v) is 10.7. The highest BCUT2D eigenvalue weighted by molar-refractivity contribution is 6.04. The molecule has 33 heavy (non-hydrogen) atoms. The summed E-state index contributed by atoms with van der Waals surface area (Å²) in [6.45, 7) is 2.80. The first-order valence-electron chi connectivity index (χ1n) is 10.7. The number of nitrogens with zero attached hydrogens (tertiary/aromatic N) is 2. The van der Waals surface area contributed by atoms with E-state index in [1.807, 2.05) is 38.1 Å². The smallest absolute Gasteiger partial charge is 0.255 e. The molecular weight excluding hydrogens is 424 g/mol. The molecule has 0 fully saturated rings. The SMILES string of the molecule is CCCN(Cc1cc(NC(=O)c2cccc(F)c2)ccc1N(C)C)C(=O)c1ccc(F)cc1. The summed E-state index contributed by atoms with van der Waals surface area (Å²) < 4.78 is 26.8. The number of hydrogen-bond donors (Lipinski definition) is 1. The van der Waals surface area contributed by atoms with Gasteiger partial charge in [-0.2, -0.15) is 0 Å². The van der Waals surface area contributed by atoms with Gasteiger partial charge in [0.15, 0.2) is 0 Å². The Morgan fingerprint density at radius 2 is 1.61 bits per heavy atom. The van der Waals surface area contributed by atoms with Gasteiger partial charge in [0, 0.05) is 49.7 Å². The third kappa shape index (κ3) is 6.16. The number of hydrogen-bond acceptors (Lipinski definition) is 3. The third-order valence-electron chi connectivity index (χ3n) is 5.14. The van der Waals surface area contributed by atoms with Crippen LogP contribution in [0.25, 0.3) is 0 Å². The average molecular weight is 452 g/mol. The molecule has 3 rings (SSSR count). The summed E-state index contributed by atoms with van der Waals surface area (Å²) in [5, 5.41) is 2.80. The Hall–Kier alpha value is -3.74. The molecule has 0 unspecified atom stereocenters. The van der Waals surface area contributed by atoms with Crippen molar-refractivity contribution in [2.75, 3.05) is 30.9 Å². The van der Waals surface area contributed by atoms with Crippen molar-refractivity contribution in [2.24, 2.45) is 0 Å². The largest absolute Gasteiger partial charge is 0.377 e. The molecule has 0 radical (unpaired) electrons. The van der Waals surface area contributed by atoms with Crippen LogP contribution in [0.5, 0.6) is 0 Å². The van der Waals surface area contributed by atoms with Gasteiger partial charge in [0.2, 0.25) is 0 Å².